The van der Waals surface area contributed by atoms with Gasteiger partial charge in [-0.1, -0.05) is 30.3 Å². The molecular weight excluding hydrogens is 238 g/mol. The number of rotatable bonds is 5. The summed E-state index contributed by atoms with van der Waals surface area (Å²) in [6.07, 6.45) is 3.39. The van der Waals surface area contributed by atoms with Crippen LogP contribution in [0.1, 0.15) is 24.8 Å². The zero-order chi connectivity index (χ0) is 13.5. The Balaban J connectivity index is 1.66. The number of amides is 2. The molecule has 1 fully saturated rings. The van der Waals surface area contributed by atoms with Crippen molar-refractivity contribution >= 4 is 6.03 Å². The number of carbonyl (C=O) groups is 1. The van der Waals surface area contributed by atoms with E-state index in [1.807, 2.05) is 0 Å². The molecule has 0 unspecified atom stereocenters. The molecule has 0 atom stereocenters. The zero-order valence-corrected chi connectivity index (χ0v) is 11.3. The first-order valence-electron chi connectivity index (χ1n) is 7.00. The molecule has 2 rings (SSSR count). The minimum absolute atomic E-state index is 0.645. The Bertz CT molecular complexity index is 386. The summed E-state index contributed by atoms with van der Waals surface area (Å²) >= 11 is 0. The topological polar surface area (TPSA) is 56.1 Å². The van der Waals surface area contributed by atoms with Crippen LogP contribution in [-0.2, 0) is 6.54 Å². The Morgan fingerprint density at radius 2 is 1.95 bits per heavy atom. The Hall–Kier alpha value is -1.55. The fraction of sp³-hybridized carbons (Fsp3) is 0.533. The van der Waals surface area contributed by atoms with Crippen LogP contribution in [-0.4, -0.2) is 30.6 Å². The fourth-order valence-corrected chi connectivity index (χ4v) is 2.66. The van der Waals surface area contributed by atoms with E-state index in [4.69, 9.17) is 5.73 Å². The van der Waals surface area contributed by atoms with Crippen molar-refractivity contribution in [1.82, 2.24) is 16.0 Å². The lowest BCUT2D eigenvalue weighted by Gasteiger charge is -2.32. The maximum Gasteiger partial charge on any atom is 0.333 e. The molecule has 0 aliphatic carbocycles. The highest BCUT2D eigenvalue weighted by Gasteiger charge is 2.18. The van der Waals surface area contributed by atoms with Crippen LogP contribution in [0.2, 0.25) is 0 Å². The van der Waals surface area contributed by atoms with Crippen LogP contribution < -0.4 is 11.1 Å². The van der Waals surface area contributed by atoms with Gasteiger partial charge in [0.25, 0.3) is 0 Å². The van der Waals surface area contributed by atoms with Crippen molar-refractivity contribution in [2.24, 2.45) is 5.92 Å². The molecule has 2 amide bonds. The third-order valence-corrected chi connectivity index (χ3v) is 3.79. The highest BCUT2D eigenvalue weighted by atomic mass is 16.2. The normalized spacial score (nSPS) is 17.3. The lowest BCUT2D eigenvalue weighted by Crippen LogP contribution is -2.34. The number of nitrogens with one attached hydrogen (secondary N) is 2. The number of carbonyl (C=O) groups excluding carboxylic acids is 1. The summed E-state index contributed by atoms with van der Waals surface area (Å²) in [5, 5.41) is 2.56. The highest BCUT2D eigenvalue weighted by molar-refractivity contribution is 5.70. The molecule has 1 saturated heterocycles. The van der Waals surface area contributed by atoms with Crippen molar-refractivity contribution in [1.29, 1.82) is 0 Å². The predicted molar refractivity (Wildman–Crippen MR) is 75.6 cm³/mol. The standard InChI is InChI=1S/C15H22N3O/c16-15(19)17-9-6-13-7-10-18(11-8-13)12-14-4-2-1-3-5-14/h1-5,13,16H,6-12H2,(H,17,19). The summed E-state index contributed by atoms with van der Waals surface area (Å²) in [5.74, 6) is 0.693. The molecule has 0 spiro atoms. The van der Waals surface area contributed by atoms with Crippen molar-refractivity contribution in [2.75, 3.05) is 19.6 Å². The van der Waals surface area contributed by atoms with E-state index in [0.29, 0.717) is 12.5 Å². The Labute approximate surface area is 115 Å². The molecule has 0 saturated carbocycles. The lowest BCUT2D eigenvalue weighted by atomic mass is 9.93. The largest absolute Gasteiger partial charge is 0.337 e. The molecular formula is C15H22N3O. The summed E-state index contributed by atoms with van der Waals surface area (Å²) in [6, 6.07) is 9.92. The minimum Gasteiger partial charge on any atom is -0.337 e. The van der Waals surface area contributed by atoms with E-state index in [0.717, 1.165) is 26.1 Å². The molecule has 1 aromatic rings. The SMILES string of the molecule is [NH]C(=O)NCCC1CCN(Cc2ccccc2)CC1. The molecule has 1 heterocycles. The van der Waals surface area contributed by atoms with Gasteiger partial charge >= 0.3 is 6.03 Å². The van der Waals surface area contributed by atoms with Crippen molar-refractivity contribution in [3.8, 4) is 0 Å². The molecule has 103 valence electrons. The van der Waals surface area contributed by atoms with Crippen LogP contribution >= 0.6 is 0 Å². The minimum atomic E-state index is -0.665. The smallest absolute Gasteiger partial charge is 0.333 e. The second-order valence-electron chi connectivity index (χ2n) is 5.25. The quantitative estimate of drug-likeness (QED) is 0.883. The second-order valence-corrected chi connectivity index (χ2v) is 5.25. The lowest BCUT2D eigenvalue weighted by molar-refractivity contribution is 0.172. The van der Waals surface area contributed by atoms with E-state index < -0.39 is 6.03 Å². The van der Waals surface area contributed by atoms with Gasteiger partial charge < -0.3 is 5.32 Å². The number of piperidine rings is 1. The molecule has 0 bridgehead atoms. The van der Waals surface area contributed by atoms with Gasteiger partial charge in [-0.2, -0.15) is 0 Å². The second kappa shape index (κ2) is 7.14. The molecule has 1 aliphatic rings. The van der Waals surface area contributed by atoms with Gasteiger partial charge in [0.2, 0.25) is 0 Å². The Morgan fingerprint density at radius 3 is 2.58 bits per heavy atom. The maximum absolute atomic E-state index is 10.5. The number of hydrogen-bond donors (Lipinski definition) is 1. The van der Waals surface area contributed by atoms with Gasteiger partial charge in [0.05, 0.1) is 0 Å². The third-order valence-electron chi connectivity index (χ3n) is 3.79. The van der Waals surface area contributed by atoms with Gasteiger partial charge in [-0.25, -0.2) is 10.5 Å². The molecule has 19 heavy (non-hydrogen) atoms. The zero-order valence-electron chi connectivity index (χ0n) is 11.3. The Kier molecular flexibility index (Phi) is 5.21. The number of urea groups is 1. The van der Waals surface area contributed by atoms with E-state index in [1.54, 1.807) is 0 Å². The van der Waals surface area contributed by atoms with Gasteiger partial charge in [0, 0.05) is 13.1 Å². The van der Waals surface area contributed by atoms with E-state index in [-0.39, 0.29) is 0 Å². The van der Waals surface area contributed by atoms with Crippen LogP contribution in [0.15, 0.2) is 30.3 Å². The van der Waals surface area contributed by atoms with Crippen LogP contribution in [0, 0.1) is 5.92 Å². The summed E-state index contributed by atoms with van der Waals surface area (Å²) in [5.41, 5.74) is 8.17. The third kappa shape index (κ3) is 4.91. The molecule has 4 nitrogen and oxygen atoms in total. The Morgan fingerprint density at radius 1 is 1.26 bits per heavy atom. The summed E-state index contributed by atoms with van der Waals surface area (Å²) < 4.78 is 0. The van der Waals surface area contributed by atoms with Crippen molar-refractivity contribution in [3.05, 3.63) is 35.9 Å². The summed E-state index contributed by atoms with van der Waals surface area (Å²) in [4.78, 5) is 13.0. The summed E-state index contributed by atoms with van der Waals surface area (Å²) in [6.45, 7) is 3.95. The predicted octanol–water partition coefficient (Wildman–Crippen LogP) is 2.28. The first kappa shape index (κ1) is 13.9. The van der Waals surface area contributed by atoms with E-state index in [9.17, 15) is 4.79 Å². The van der Waals surface area contributed by atoms with Gasteiger partial charge in [-0.05, 0) is 43.8 Å². The molecule has 4 heteroatoms. The van der Waals surface area contributed by atoms with E-state index in [1.165, 1.54) is 18.4 Å². The van der Waals surface area contributed by atoms with E-state index >= 15 is 0 Å². The van der Waals surface area contributed by atoms with Crippen molar-refractivity contribution in [3.63, 3.8) is 0 Å². The first-order valence-corrected chi connectivity index (χ1v) is 7.00. The molecule has 0 aromatic heterocycles. The van der Waals surface area contributed by atoms with Gasteiger partial charge in [-0.15, -0.1) is 0 Å². The van der Waals surface area contributed by atoms with Gasteiger partial charge in [0.1, 0.15) is 0 Å². The monoisotopic (exact) mass is 260 g/mol. The summed E-state index contributed by atoms with van der Waals surface area (Å²) in [7, 11) is 0. The maximum atomic E-state index is 10.5. The molecule has 1 aliphatic heterocycles. The number of benzene rings is 1. The average molecular weight is 260 g/mol. The van der Waals surface area contributed by atoms with Crippen molar-refractivity contribution < 1.29 is 4.79 Å². The van der Waals surface area contributed by atoms with Crippen LogP contribution in [0.25, 0.3) is 0 Å². The van der Waals surface area contributed by atoms with Crippen molar-refractivity contribution in [2.45, 2.75) is 25.8 Å². The number of hydrogen-bond acceptors (Lipinski definition) is 2. The molecule has 1 radical (unpaired) electrons. The van der Waals surface area contributed by atoms with Crippen LogP contribution in [0.3, 0.4) is 0 Å². The van der Waals surface area contributed by atoms with Gasteiger partial charge in [-0.3, -0.25) is 4.90 Å². The molecule has 2 N–H and O–H groups in total. The van der Waals surface area contributed by atoms with Gasteiger partial charge in [0.15, 0.2) is 0 Å². The molecule has 1 aromatic carbocycles. The number of likely N-dealkylation sites (tertiary alicyclic amines) is 1. The average Bonchev–Trinajstić information content (AvgIpc) is 2.42. The first-order chi connectivity index (χ1) is 9.24. The fourth-order valence-electron chi connectivity index (χ4n) is 2.66. The van der Waals surface area contributed by atoms with E-state index in [2.05, 4.69) is 40.5 Å². The highest BCUT2D eigenvalue weighted by Crippen LogP contribution is 2.21. The van der Waals surface area contributed by atoms with Crippen LogP contribution in [0.4, 0.5) is 4.79 Å². The number of nitrogens with zero attached hydrogens (tertiary/aromatic N) is 1. The van der Waals surface area contributed by atoms with Crippen LogP contribution in [0.5, 0.6) is 0 Å².